The molecular formula is C34H32N2O6. The first-order chi connectivity index (χ1) is 20.5. The van der Waals surface area contributed by atoms with E-state index in [0.717, 1.165) is 11.1 Å². The van der Waals surface area contributed by atoms with Crippen LogP contribution < -0.4 is 14.2 Å². The molecule has 0 saturated carbocycles. The molecule has 1 unspecified atom stereocenters. The van der Waals surface area contributed by atoms with Crippen LogP contribution in [-0.2, 0) is 22.7 Å². The Hall–Kier alpha value is -5.11. The predicted octanol–water partition coefficient (Wildman–Crippen LogP) is 6.08. The van der Waals surface area contributed by atoms with Crippen LogP contribution in [0.3, 0.4) is 0 Å². The lowest BCUT2D eigenvalue weighted by Gasteiger charge is -2.26. The van der Waals surface area contributed by atoms with E-state index in [4.69, 9.17) is 14.2 Å². The second-order valence-electron chi connectivity index (χ2n) is 9.66. The lowest BCUT2D eigenvalue weighted by Crippen LogP contribution is -2.29. The second kappa shape index (κ2) is 13.0. The quantitative estimate of drug-likeness (QED) is 0.134. The van der Waals surface area contributed by atoms with Crippen LogP contribution in [0.15, 0.2) is 103 Å². The molecule has 42 heavy (non-hydrogen) atoms. The summed E-state index contributed by atoms with van der Waals surface area (Å²) in [5.41, 5.74) is 2.74. The maximum Gasteiger partial charge on any atom is 0.295 e. The zero-order chi connectivity index (χ0) is 29.5. The Bertz CT molecular complexity index is 1570. The molecule has 1 saturated heterocycles. The van der Waals surface area contributed by atoms with E-state index in [2.05, 4.69) is 4.98 Å². The normalized spacial score (nSPS) is 16.0. The van der Waals surface area contributed by atoms with Crippen molar-refractivity contribution in [2.24, 2.45) is 0 Å². The largest absolute Gasteiger partial charge is 0.507 e. The summed E-state index contributed by atoms with van der Waals surface area (Å²) in [6, 6.07) is 24.6. The van der Waals surface area contributed by atoms with Crippen LogP contribution in [0.2, 0.25) is 0 Å². The fourth-order valence-electron chi connectivity index (χ4n) is 4.93. The number of amides is 1. The Morgan fingerprint density at radius 1 is 0.833 bits per heavy atom. The van der Waals surface area contributed by atoms with E-state index in [1.54, 1.807) is 60.9 Å². The monoisotopic (exact) mass is 564 g/mol. The van der Waals surface area contributed by atoms with Crippen LogP contribution in [0.25, 0.3) is 5.76 Å². The van der Waals surface area contributed by atoms with E-state index in [9.17, 15) is 14.7 Å². The number of pyridine rings is 1. The first-order valence-corrected chi connectivity index (χ1v) is 13.8. The average Bonchev–Trinajstić information content (AvgIpc) is 3.26. The number of ether oxygens (including phenoxy) is 3. The number of carbonyl (C=O) groups is 2. The number of hydrogen-bond acceptors (Lipinski definition) is 7. The SMILES string of the molecule is CCOc1ccc(C(O)=C2C(=O)C(=O)N(Cc3cccnc3)C2c2ccc(OCc3ccccc3)c(OCC)c2)cc1. The molecule has 1 atom stereocenters. The van der Waals surface area contributed by atoms with Crippen molar-refractivity contribution in [3.05, 3.63) is 125 Å². The summed E-state index contributed by atoms with van der Waals surface area (Å²) < 4.78 is 17.5. The number of benzene rings is 3. The molecule has 0 radical (unpaired) electrons. The number of likely N-dealkylation sites (tertiary alicyclic amines) is 1. The van der Waals surface area contributed by atoms with Gasteiger partial charge in [-0.1, -0.05) is 42.5 Å². The minimum Gasteiger partial charge on any atom is -0.507 e. The van der Waals surface area contributed by atoms with Crippen molar-refractivity contribution in [3.8, 4) is 17.2 Å². The maximum absolute atomic E-state index is 13.5. The van der Waals surface area contributed by atoms with Gasteiger partial charge in [-0.3, -0.25) is 14.6 Å². The minimum absolute atomic E-state index is 0.00606. The Balaban J connectivity index is 1.57. The van der Waals surface area contributed by atoms with Gasteiger partial charge in [-0.15, -0.1) is 0 Å². The number of carbonyl (C=O) groups excluding carboxylic acids is 2. The Kier molecular flexibility index (Phi) is 8.82. The lowest BCUT2D eigenvalue weighted by atomic mass is 9.94. The van der Waals surface area contributed by atoms with Crippen LogP contribution in [-0.4, -0.2) is 39.9 Å². The van der Waals surface area contributed by atoms with E-state index in [0.29, 0.717) is 48.2 Å². The molecule has 1 aromatic heterocycles. The molecule has 1 amide bonds. The molecule has 8 nitrogen and oxygen atoms in total. The molecule has 1 N–H and O–H groups in total. The van der Waals surface area contributed by atoms with Gasteiger partial charge in [-0.05, 0) is 73.0 Å². The molecule has 1 aliphatic heterocycles. The van der Waals surface area contributed by atoms with Crippen LogP contribution in [0.4, 0.5) is 0 Å². The topological polar surface area (TPSA) is 98.2 Å². The van der Waals surface area contributed by atoms with Gasteiger partial charge in [0.05, 0.1) is 24.8 Å². The molecule has 1 fully saturated rings. The summed E-state index contributed by atoms with van der Waals surface area (Å²) in [5.74, 6) is -0.108. The van der Waals surface area contributed by atoms with Crippen LogP contribution in [0.1, 0.15) is 42.1 Å². The highest BCUT2D eigenvalue weighted by atomic mass is 16.5. The van der Waals surface area contributed by atoms with Crippen molar-refractivity contribution in [1.29, 1.82) is 0 Å². The number of rotatable bonds is 11. The first kappa shape index (κ1) is 28.4. The molecule has 0 bridgehead atoms. The number of aliphatic hydroxyl groups excluding tert-OH is 1. The van der Waals surface area contributed by atoms with Gasteiger partial charge in [0.15, 0.2) is 11.5 Å². The zero-order valence-corrected chi connectivity index (χ0v) is 23.5. The number of hydrogen-bond donors (Lipinski definition) is 1. The molecule has 2 heterocycles. The van der Waals surface area contributed by atoms with Crippen molar-refractivity contribution < 1.29 is 28.9 Å². The van der Waals surface area contributed by atoms with Gasteiger partial charge in [0.2, 0.25) is 0 Å². The highest BCUT2D eigenvalue weighted by Gasteiger charge is 2.46. The van der Waals surface area contributed by atoms with Gasteiger partial charge in [0.25, 0.3) is 11.7 Å². The smallest absolute Gasteiger partial charge is 0.295 e. The molecular weight excluding hydrogens is 532 g/mol. The molecule has 4 aromatic rings. The summed E-state index contributed by atoms with van der Waals surface area (Å²) in [6.45, 7) is 5.10. The Morgan fingerprint density at radius 2 is 1.57 bits per heavy atom. The number of nitrogens with zero attached hydrogens (tertiary/aromatic N) is 2. The Labute approximate surface area is 244 Å². The van der Waals surface area contributed by atoms with E-state index < -0.39 is 17.7 Å². The van der Waals surface area contributed by atoms with Gasteiger partial charge < -0.3 is 24.2 Å². The summed E-state index contributed by atoms with van der Waals surface area (Å²) in [4.78, 5) is 32.6. The standard InChI is InChI=1S/C34H32N2O6/c1-3-40-27-15-12-25(13-16-27)32(37)30-31(36(34(39)33(30)38)21-24-11-8-18-35-20-24)26-14-17-28(29(19-26)41-4-2)42-22-23-9-6-5-7-10-23/h5-20,31,37H,3-4,21-22H2,1-2H3. The van der Waals surface area contributed by atoms with Gasteiger partial charge in [0, 0.05) is 24.5 Å². The molecule has 0 aliphatic carbocycles. The van der Waals surface area contributed by atoms with Gasteiger partial charge in [-0.25, -0.2) is 0 Å². The summed E-state index contributed by atoms with van der Waals surface area (Å²) in [6.07, 6.45) is 3.29. The van der Waals surface area contributed by atoms with E-state index in [-0.39, 0.29) is 17.9 Å². The summed E-state index contributed by atoms with van der Waals surface area (Å²) in [7, 11) is 0. The Morgan fingerprint density at radius 3 is 2.26 bits per heavy atom. The first-order valence-electron chi connectivity index (χ1n) is 13.8. The lowest BCUT2D eigenvalue weighted by molar-refractivity contribution is -0.140. The van der Waals surface area contributed by atoms with Gasteiger partial charge in [-0.2, -0.15) is 0 Å². The molecule has 1 aliphatic rings. The predicted molar refractivity (Wildman–Crippen MR) is 158 cm³/mol. The van der Waals surface area contributed by atoms with E-state index >= 15 is 0 Å². The van der Waals surface area contributed by atoms with E-state index in [1.807, 2.05) is 50.2 Å². The third kappa shape index (κ3) is 6.12. The number of aliphatic hydroxyl groups is 1. The van der Waals surface area contributed by atoms with Crippen molar-refractivity contribution in [3.63, 3.8) is 0 Å². The summed E-state index contributed by atoms with van der Waals surface area (Å²) in [5, 5.41) is 11.5. The van der Waals surface area contributed by atoms with Crippen molar-refractivity contribution in [2.45, 2.75) is 33.0 Å². The van der Waals surface area contributed by atoms with Crippen LogP contribution in [0, 0.1) is 0 Å². The molecule has 3 aromatic carbocycles. The minimum atomic E-state index is -0.876. The third-order valence-corrected chi connectivity index (χ3v) is 6.87. The van der Waals surface area contributed by atoms with Crippen LogP contribution >= 0.6 is 0 Å². The number of ketones is 1. The second-order valence-corrected chi connectivity index (χ2v) is 9.66. The number of aromatic nitrogens is 1. The highest BCUT2D eigenvalue weighted by molar-refractivity contribution is 6.46. The molecule has 8 heteroatoms. The fourth-order valence-corrected chi connectivity index (χ4v) is 4.93. The van der Waals surface area contributed by atoms with Gasteiger partial charge >= 0.3 is 0 Å². The fraction of sp³-hybridized carbons (Fsp3) is 0.206. The van der Waals surface area contributed by atoms with Crippen LogP contribution in [0.5, 0.6) is 17.2 Å². The highest BCUT2D eigenvalue weighted by Crippen LogP contribution is 2.43. The molecule has 214 valence electrons. The van der Waals surface area contributed by atoms with Crippen molar-refractivity contribution >= 4 is 17.4 Å². The maximum atomic E-state index is 13.5. The van der Waals surface area contributed by atoms with Crippen molar-refractivity contribution in [1.82, 2.24) is 9.88 Å². The molecule has 5 rings (SSSR count). The average molecular weight is 565 g/mol. The van der Waals surface area contributed by atoms with Crippen molar-refractivity contribution in [2.75, 3.05) is 13.2 Å². The van der Waals surface area contributed by atoms with Gasteiger partial charge in [0.1, 0.15) is 18.1 Å². The number of Topliss-reactive ketones (excluding diaryl/α,β-unsaturated/α-hetero) is 1. The van der Waals surface area contributed by atoms with E-state index in [1.165, 1.54) is 4.90 Å². The molecule has 0 spiro atoms. The zero-order valence-electron chi connectivity index (χ0n) is 23.5. The third-order valence-electron chi connectivity index (χ3n) is 6.87. The summed E-state index contributed by atoms with van der Waals surface area (Å²) >= 11 is 0.